The summed E-state index contributed by atoms with van der Waals surface area (Å²) in [7, 11) is 0. The lowest BCUT2D eigenvalue weighted by atomic mass is 10.2. The molecule has 0 saturated carbocycles. The van der Waals surface area contributed by atoms with E-state index in [2.05, 4.69) is 20.7 Å². The maximum atomic E-state index is 6.00. The van der Waals surface area contributed by atoms with Gasteiger partial charge in [-0.05, 0) is 13.0 Å². The molecule has 0 atom stereocenters. The van der Waals surface area contributed by atoms with E-state index in [0.29, 0.717) is 27.4 Å². The smallest absolute Gasteiger partial charge is 0.263 e. The first-order chi connectivity index (χ1) is 8.59. The summed E-state index contributed by atoms with van der Waals surface area (Å²) >= 11 is 11.9. The zero-order valence-electron chi connectivity index (χ0n) is 9.43. The van der Waals surface area contributed by atoms with Gasteiger partial charge in [0.2, 0.25) is 0 Å². The molecule has 2 aromatic rings. The third-order valence-corrected chi connectivity index (χ3v) is 3.05. The Labute approximate surface area is 113 Å². The third-order valence-electron chi connectivity index (χ3n) is 2.22. The summed E-state index contributed by atoms with van der Waals surface area (Å²) in [6.45, 7) is 1.73. The van der Waals surface area contributed by atoms with E-state index in [1.807, 2.05) is 0 Å². The average Bonchev–Trinajstić information content (AvgIpc) is 2.66. The topological polar surface area (TPSA) is 81.1 Å². The predicted molar refractivity (Wildman–Crippen MR) is 72.6 cm³/mol. The number of aromatic nitrogens is 3. The average molecular weight is 285 g/mol. The van der Waals surface area contributed by atoms with Crippen molar-refractivity contribution in [2.75, 3.05) is 11.3 Å². The fourth-order valence-corrected chi connectivity index (χ4v) is 1.58. The van der Waals surface area contributed by atoms with Crippen molar-refractivity contribution in [1.82, 2.24) is 14.9 Å². The van der Waals surface area contributed by atoms with Crippen LogP contribution in [0.3, 0.4) is 0 Å². The van der Waals surface area contributed by atoms with Gasteiger partial charge in [-0.3, -0.25) is 0 Å². The van der Waals surface area contributed by atoms with E-state index in [9.17, 15) is 0 Å². The van der Waals surface area contributed by atoms with Gasteiger partial charge in [0.15, 0.2) is 5.82 Å². The monoisotopic (exact) mass is 284 g/mol. The van der Waals surface area contributed by atoms with E-state index in [1.54, 1.807) is 25.1 Å². The van der Waals surface area contributed by atoms with E-state index in [-0.39, 0.29) is 0 Å². The maximum absolute atomic E-state index is 6.00. The van der Waals surface area contributed by atoms with Crippen molar-refractivity contribution in [2.24, 2.45) is 5.10 Å². The Morgan fingerprint density at radius 1 is 1.39 bits per heavy atom. The number of hydrazone groups is 1. The lowest BCUT2D eigenvalue weighted by molar-refractivity contribution is 0.926. The number of hydrogen-bond acceptors (Lipinski definition) is 5. The first-order valence-corrected chi connectivity index (χ1v) is 5.75. The van der Waals surface area contributed by atoms with Crippen LogP contribution >= 0.6 is 23.2 Å². The molecule has 6 nitrogen and oxygen atoms in total. The number of hydrogen-bond donors (Lipinski definition) is 2. The summed E-state index contributed by atoms with van der Waals surface area (Å²) in [4.78, 5) is 0. The highest BCUT2D eigenvalue weighted by molar-refractivity contribution is 6.43. The maximum Gasteiger partial charge on any atom is 0.263 e. The Balaban J connectivity index is 2.12. The second-order valence-electron chi connectivity index (χ2n) is 3.45. The van der Waals surface area contributed by atoms with E-state index < -0.39 is 0 Å². The molecule has 0 aliphatic heterocycles. The van der Waals surface area contributed by atoms with Crippen LogP contribution < -0.4 is 11.3 Å². The van der Waals surface area contributed by atoms with Gasteiger partial charge >= 0.3 is 0 Å². The van der Waals surface area contributed by atoms with E-state index in [1.165, 1.54) is 10.9 Å². The van der Waals surface area contributed by atoms with Gasteiger partial charge in [-0.1, -0.05) is 35.3 Å². The Hall–Kier alpha value is -1.79. The number of aryl methyl sites for hydroxylation is 1. The Kier molecular flexibility index (Phi) is 3.69. The summed E-state index contributed by atoms with van der Waals surface area (Å²) in [6.07, 6.45) is 1.53. The minimum Gasteiger partial charge on any atom is -0.335 e. The Morgan fingerprint density at radius 3 is 2.83 bits per heavy atom. The van der Waals surface area contributed by atoms with Crippen LogP contribution in [0.1, 0.15) is 11.4 Å². The zero-order chi connectivity index (χ0) is 13.1. The minimum absolute atomic E-state index is 0.335. The molecule has 0 fully saturated rings. The van der Waals surface area contributed by atoms with Gasteiger partial charge in [-0.15, -0.1) is 10.2 Å². The molecular weight excluding hydrogens is 275 g/mol. The van der Waals surface area contributed by atoms with E-state index in [4.69, 9.17) is 29.0 Å². The number of nitrogens with zero attached hydrogens (tertiary/aromatic N) is 4. The van der Waals surface area contributed by atoms with E-state index in [0.717, 1.165) is 0 Å². The molecule has 0 spiro atoms. The van der Waals surface area contributed by atoms with Crippen molar-refractivity contribution in [2.45, 2.75) is 6.92 Å². The molecule has 2 rings (SSSR count). The van der Waals surface area contributed by atoms with Crippen LogP contribution in [0.5, 0.6) is 0 Å². The first-order valence-electron chi connectivity index (χ1n) is 5.00. The molecule has 8 heteroatoms. The fraction of sp³-hybridized carbons (Fsp3) is 0.100. The second kappa shape index (κ2) is 5.24. The fourth-order valence-electron chi connectivity index (χ4n) is 1.23. The molecule has 0 amide bonds. The van der Waals surface area contributed by atoms with Crippen LogP contribution in [0.15, 0.2) is 23.3 Å². The molecule has 3 N–H and O–H groups in total. The highest BCUT2D eigenvalue weighted by Crippen LogP contribution is 2.24. The number of nitrogens with one attached hydrogen (secondary N) is 1. The quantitative estimate of drug-likeness (QED) is 0.514. The zero-order valence-corrected chi connectivity index (χ0v) is 10.9. The summed E-state index contributed by atoms with van der Waals surface area (Å²) in [5.74, 6) is 6.56. The highest BCUT2D eigenvalue weighted by Gasteiger charge is 2.04. The van der Waals surface area contributed by atoms with Gasteiger partial charge in [0.05, 0.1) is 16.3 Å². The molecule has 0 unspecified atom stereocenters. The van der Waals surface area contributed by atoms with Gasteiger partial charge in [-0.25, -0.2) is 10.1 Å². The van der Waals surface area contributed by atoms with Crippen LogP contribution in [0, 0.1) is 6.92 Å². The van der Waals surface area contributed by atoms with Crippen LogP contribution in [0.4, 0.5) is 5.95 Å². The lowest BCUT2D eigenvalue weighted by Crippen LogP contribution is -2.13. The summed E-state index contributed by atoms with van der Waals surface area (Å²) in [5.41, 5.74) is 3.35. The van der Waals surface area contributed by atoms with Gasteiger partial charge in [0.1, 0.15) is 0 Å². The van der Waals surface area contributed by atoms with Gasteiger partial charge < -0.3 is 5.84 Å². The summed E-state index contributed by atoms with van der Waals surface area (Å²) < 4.78 is 1.29. The summed E-state index contributed by atoms with van der Waals surface area (Å²) in [5, 5.41) is 12.4. The summed E-state index contributed by atoms with van der Waals surface area (Å²) in [6, 6.07) is 5.28. The molecule has 0 saturated heterocycles. The van der Waals surface area contributed by atoms with Crippen LogP contribution in [-0.4, -0.2) is 21.1 Å². The van der Waals surface area contributed by atoms with Crippen molar-refractivity contribution in [3.05, 3.63) is 39.6 Å². The number of benzene rings is 1. The van der Waals surface area contributed by atoms with Gasteiger partial charge in [0.25, 0.3) is 5.95 Å². The largest absolute Gasteiger partial charge is 0.335 e. The molecule has 0 bridgehead atoms. The SMILES string of the molecule is Cc1nnc(N/N=C\c2cccc(Cl)c2Cl)n1N. The van der Waals surface area contributed by atoms with Crippen molar-refractivity contribution < 1.29 is 0 Å². The number of nitrogens with two attached hydrogens (primary N) is 1. The van der Waals surface area contributed by atoms with Crippen molar-refractivity contribution in [3.63, 3.8) is 0 Å². The molecule has 18 heavy (non-hydrogen) atoms. The molecule has 0 radical (unpaired) electrons. The predicted octanol–water partition coefficient (Wildman–Crippen LogP) is 2.05. The number of rotatable bonds is 3. The van der Waals surface area contributed by atoms with Crippen molar-refractivity contribution in [3.8, 4) is 0 Å². The highest BCUT2D eigenvalue weighted by atomic mass is 35.5. The Bertz CT molecular complexity index is 592. The number of anilines is 1. The van der Waals surface area contributed by atoms with Gasteiger partial charge in [0, 0.05) is 5.56 Å². The molecule has 0 aliphatic rings. The second-order valence-corrected chi connectivity index (χ2v) is 4.24. The molecule has 1 aromatic heterocycles. The molecule has 1 aromatic carbocycles. The molecule has 0 aliphatic carbocycles. The first kappa shape index (κ1) is 12.7. The van der Waals surface area contributed by atoms with Crippen molar-refractivity contribution in [1.29, 1.82) is 0 Å². The van der Waals surface area contributed by atoms with E-state index >= 15 is 0 Å². The van der Waals surface area contributed by atoms with Gasteiger partial charge in [-0.2, -0.15) is 5.10 Å². The number of nitrogen functional groups attached to an aromatic ring is 1. The number of halogens is 2. The molecule has 1 heterocycles. The van der Waals surface area contributed by atoms with Crippen LogP contribution in [0.2, 0.25) is 10.0 Å². The van der Waals surface area contributed by atoms with Crippen LogP contribution in [-0.2, 0) is 0 Å². The lowest BCUT2D eigenvalue weighted by Gasteiger charge is -2.01. The molecular formula is C10H10Cl2N6. The Morgan fingerprint density at radius 2 is 2.17 bits per heavy atom. The third kappa shape index (κ3) is 2.55. The van der Waals surface area contributed by atoms with Crippen molar-refractivity contribution >= 4 is 35.4 Å². The van der Waals surface area contributed by atoms with Crippen LogP contribution in [0.25, 0.3) is 0 Å². The normalized spacial score (nSPS) is 11.1. The standard InChI is InChI=1S/C10H10Cl2N6/c1-6-15-17-10(18(6)13)16-14-5-7-3-2-4-8(11)9(7)12/h2-5H,13H2,1H3,(H,16,17)/b14-5-. The minimum atomic E-state index is 0.335. The molecule has 94 valence electrons.